The lowest BCUT2D eigenvalue weighted by Gasteiger charge is -2.36. The van der Waals surface area contributed by atoms with Gasteiger partial charge in [-0.3, -0.25) is 0 Å². The van der Waals surface area contributed by atoms with Gasteiger partial charge in [0.05, 0.1) is 0 Å². The van der Waals surface area contributed by atoms with E-state index < -0.39 is 0 Å². The first kappa shape index (κ1) is 29.2. The van der Waals surface area contributed by atoms with E-state index in [2.05, 4.69) is 92.2 Å². The summed E-state index contributed by atoms with van der Waals surface area (Å²) in [6, 6.07) is 22.0. The van der Waals surface area contributed by atoms with Crippen LogP contribution in [0.5, 0.6) is 0 Å². The molecule has 0 fully saturated rings. The van der Waals surface area contributed by atoms with Crippen LogP contribution in [-0.4, -0.2) is 9.55 Å². The summed E-state index contributed by atoms with van der Waals surface area (Å²) in [7, 11) is 0. The predicted molar refractivity (Wildman–Crippen MR) is 160 cm³/mol. The number of nitrogens with zero attached hydrogens (tertiary/aromatic N) is 2. The molecule has 2 unspecified atom stereocenters. The van der Waals surface area contributed by atoms with Crippen LogP contribution >= 0.6 is 0 Å². The fourth-order valence-electron chi connectivity index (χ4n) is 5.82. The second-order valence-electron chi connectivity index (χ2n) is 11.4. The van der Waals surface area contributed by atoms with Gasteiger partial charge in [0.1, 0.15) is 5.82 Å². The highest BCUT2D eigenvalue weighted by molar-refractivity contribution is 5.32. The van der Waals surface area contributed by atoms with Crippen LogP contribution in [0.2, 0.25) is 0 Å². The average molecular weight is 501 g/mol. The van der Waals surface area contributed by atoms with Crippen LogP contribution in [0.15, 0.2) is 73.1 Å². The maximum Gasteiger partial charge on any atom is 0.112 e. The minimum absolute atomic E-state index is 0.0261. The third-order valence-electron chi connectivity index (χ3n) is 8.44. The number of unbranched alkanes of at least 4 members (excludes halogenated alkanes) is 12. The summed E-state index contributed by atoms with van der Waals surface area (Å²) in [4.78, 5) is 4.89. The molecular weight excluding hydrogens is 448 g/mol. The summed E-state index contributed by atoms with van der Waals surface area (Å²) in [5.74, 6) is 1.54. The van der Waals surface area contributed by atoms with Crippen molar-refractivity contribution < 1.29 is 0 Å². The fourth-order valence-corrected chi connectivity index (χ4v) is 5.82. The van der Waals surface area contributed by atoms with Gasteiger partial charge in [-0.15, -0.1) is 0 Å². The minimum atomic E-state index is -0.0261. The third-order valence-corrected chi connectivity index (χ3v) is 8.44. The van der Waals surface area contributed by atoms with Gasteiger partial charge < -0.3 is 4.57 Å². The van der Waals surface area contributed by atoms with Crippen LogP contribution < -0.4 is 0 Å². The van der Waals surface area contributed by atoms with Gasteiger partial charge in [0.15, 0.2) is 0 Å². The van der Waals surface area contributed by atoms with Gasteiger partial charge in [-0.05, 0) is 24.0 Å². The fraction of sp³-hybridized carbons (Fsp3) is 0.571. The molecule has 0 radical (unpaired) electrons. The molecule has 2 atom stereocenters. The Hall–Kier alpha value is -2.35. The van der Waals surface area contributed by atoms with Gasteiger partial charge in [0.25, 0.3) is 0 Å². The lowest BCUT2D eigenvalue weighted by molar-refractivity contribution is 0.366. The highest BCUT2D eigenvalue weighted by Gasteiger charge is 2.36. The van der Waals surface area contributed by atoms with Crippen LogP contribution in [0.25, 0.3) is 0 Å². The molecule has 0 spiro atoms. The van der Waals surface area contributed by atoms with E-state index in [1.165, 1.54) is 100 Å². The van der Waals surface area contributed by atoms with Crippen LogP contribution in [0.1, 0.15) is 127 Å². The maximum atomic E-state index is 4.89. The molecule has 2 nitrogen and oxygen atoms in total. The van der Waals surface area contributed by atoms with Crippen molar-refractivity contribution in [3.63, 3.8) is 0 Å². The van der Waals surface area contributed by atoms with Crippen molar-refractivity contribution >= 4 is 0 Å². The van der Waals surface area contributed by atoms with Gasteiger partial charge in [-0.25, -0.2) is 4.98 Å². The predicted octanol–water partition coefficient (Wildman–Crippen LogP) is 10.3. The Balaban J connectivity index is 1.46. The van der Waals surface area contributed by atoms with Crippen molar-refractivity contribution in [2.45, 2.75) is 129 Å². The highest BCUT2D eigenvalue weighted by Crippen LogP contribution is 2.41. The summed E-state index contributed by atoms with van der Waals surface area (Å²) in [5, 5.41) is 0. The number of hydrogen-bond donors (Lipinski definition) is 0. The van der Waals surface area contributed by atoms with Crippen LogP contribution in [0, 0.1) is 0 Å². The molecule has 3 rings (SSSR count). The molecule has 1 heterocycles. The summed E-state index contributed by atoms with van der Waals surface area (Å²) in [6.45, 7) is 8.17. The lowest BCUT2D eigenvalue weighted by Crippen LogP contribution is -2.33. The molecule has 0 aliphatic carbocycles. The third kappa shape index (κ3) is 9.47. The van der Waals surface area contributed by atoms with Gasteiger partial charge >= 0.3 is 0 Å². The zero-order valence-electron chi connectivity index (χ0n) is 24.0. The maximum absolute atomic E-state index is 4.89. The Morgan fingerprint density at radius 3 is 1.78 bits per heavy atom. The minimum Gasteiger partial charge on any atom is -0.335 e. The molecule has 0 bridgehead atoms. The Morgan fingerprint density at radius 1 is 0.703 bits per heavy atom. The molecule has 0 saturated carbocycles. The second-order valence-corrected chi connectivity index (χ2v) is 11.4. The number of rotatable bonds is 19. The average Bonchev–Trinajstić information content (AvgIpc) is 3.40. The molecule has 202 valence electrons. The standard InChI is InChI=1S/C35H52N2/c1-4-5-6-7-8-9-10-11-12-13-14-15-22-28-37-29-27-36-34(37)31(2)35(3,33-25-20-17-21-26-33)30-32-23-18-16-19-24-32/h16-21,23-27,29,31H,4-15,22,28,30H2,1-3H3. The van der Waals surface area contributed by atoms with Crippen LogP contribution in [0.3, 0.4) is 0 Å². The zero-order chi connectivity index (χ0) is 26.2. The number of imidazole rings is 1. The molecule has 0 aliphatic heterocycles. The van der Waals surface area contributed by atoms with Gasteiger partial charge in [0.2, 0.25) is 0 Å². The van der Waals surface area contributed by atoms with Gasteiger partial charge in [0, 0.05) is 30.3 Å². The molecule has 2 aromatic carbocycles. The van der Waals surface area contributed by atoms with Crippen molar-refractivity contribution in [1.29, 1.82) is 0 Å². The summed E-state index contributed by atoms with van der Waals surface area (Å²) >= 11 is 0. The quantitative estimate of drug-likeness (QED) is 0.150. The molecule has 37 heavy (non-hydrogen) atoms. The monoisotopic (exact) mass is 500 g/mol. The van der Waals surface area contributed by atoms with E-state index in [1.54, 1.807) is 0 Å². The van der Waals surface area contributed by atoms with E-state index >= 15 is 0 Å². The molecule has 0 amide bonds. The van der Waals surface area contributed by atoms with Crippen molar-refractivity contribution in [3.05, 3.63) is 90.0 Å². The van der Waals surface area contributed by atoms with E-state index in [4.69, 9.17) is 4.98 Å². The smallest absolute Gasteiger partial charge is 0.112 e. The molecule has 2 heteroatoms. The molecular formula is C35H52N2. The van der Waals surface area contributed by atoms with Gasteiger partial charge in [-0.1, -0.05) is 158 Å². The van der Waals surface area contributed by atoms with E-state index in [0.717, 1.165) is 13.0 Å². The first-order valence-electron chi connectivity index (χ1n) is 15.3. The molecule has 3 aromatic rings. The number of benzene rings is 2. The van der Waals surface area contributed by atoms with E-state index in [-0.39, 0.29) is 5.41 Å². The molecule has 0 N–H and O–H groups in total. The number of aromatic nitrogens is 2. The van der Waals surface area contributed by atoms with E-state index in [0.29, 0.717) is 5.92 Å². The Bertz CT molecular complexity index is 961. The molecule has 0 aliphatic rings. The Morgan fingerprint density at radius 2 is 1.22 bits per heavy atom. The van der Waals surface area contributed by atoms with E-state index in [9.17, 15) is 0 Å². The molecule has 0 saturated heterocycles. The van der Waals surface area contributed by atoms with Crippen molar-refractivity contribution in [3.8, 4) is 0 Å². The summed E-state index contributed by atoms with van der Waals surface area (Å²) in [6.07, 6.45) is 23.3. The largest absolute Gasteiger partial charge is 0.335 e. The highest BCUT2D eigenvalue weighted by atomic mass is 15.1. The Labute approximate surface area is 227 Å². The van der Waals surface area contributed by atoms with Gasteiger partial charge in [-0.2, -0.15) is 0 Å². The summed E-state index contributed by atoms with van der Waals surface area (Å²) in [5.41, 5.74) is 2.75. The normalized spacial score (nSPS) is 13.9. The SMILES string of the molecule is CCCCCCCCCCCCCCCn1ccnc1C(C)C(C)(Cc1ccccc1)c1ccccc1. The lowest BCUT2D eigenvalue weighted by atomic mass is 9.68. The number of hydrogen-bond acceptors (Lipinski definition) is 1. The summed E-state index contributed by atoms with van der Waals surface area (Å²) < 4.78 is 2.43. The van der Waals surface area contributed by atoms with Crippen molar-refractivity contribution in [2.75, 3.05) is 0 Å². The van der Waals surface area contributed by atoms with Crippen molar-refractivity contribution in [2.24, 2.45) is 0 Å². The Kier molecular flexibility index (Phi) is 13.0. The first-order chi connectivity index (χ1) is 18.1. The van der Waals surface area contributed by atoms with Crippen LogP contribution in [0.4, 0.5) is 0 Å². The zero-order valence-corrected chi connectivity index (χ0v) is 24.0. The molecule has 1 aromatic heterocycles. The number of aryl methyl sites for hydroxylation is 1. The topological polar surface area (TPSA) is 17.8 Å². The second kappa shape index (κ2) is 16.5. The van der Waals surface area contributed by atoms with Crippen molar-refractivity contribution in [1.82, 2.24) is 9.55 Å². The van der Waals surface area contributed by atoms with E-state index in [1.807, 2.05) is 6.20 Å². The first-order valence-corrected chi connectivity index (χ1v) is 15.3. The van der Waals surface area contributed by atoms with Crippen LogP contribution in [-0.2, 0) is 18.4 Å².